The summed E-state index contributed by atoms with van der Waals surface area (Å²) in [6.45, 7) is 2.81. The van der Waals surface area contributed by atoms with Crippen LogP contribution >= 0.6 is 0 Å². The first-order valence-corrected chi connectivity index (χ1v) is 6.54. The number of nitrogens with zero attached hydrogens (tertiary/aromatic N) is 2. The SMILES string of the molecule is CCn1cc2c(=O)[nH]c(=O)nc-2c2cc3c(cc21)OCO3. The Kier molecular flexibility index (Phi) is 2.32. The highest BCUT2D eigenvalue weighted by atomic mass is 16.7. The average molecular weight is 285 g/mol. The highest BCUT2D eigenvalue weighted by Crippen LogP contribution is 2.38. The van der Waals surface area contributed by atoms with Crippen molar-refractivity contribution in [2.75, 3.05) is 6.79 Å². The lowest BCUT2D eigenvalue weighted by atomic mass is 10.1. The standard InChI is InChI=1S/C14H11N3O4/c1-2-17-5-8-12(15-14(19)16-13(8)18)7-3-10-11(4-9(7)17)21-6-20-10/h3-5H,2,6H2,1H3,(H,16,18,19). The molecule has 7 nitrogen and oxygen atoms in total. The molecule has 0 aliphatic carbocycles. The monoisotopic (exact) mass is 285 g/mol. The average Bonchev–Trinajstić information content (AvgIpc) is 2.92. The van der Waals surface area contributed by atoms with E-state index in [1.54, 1.807) is 12.3 Å². The fourth-order valence-electron chi connectivity index (χ4n) is 2.63. The van der Waals surface area contributed by atoms with E-state index in [4.69, 9.17) is 9.47 Å². The molecule has 0 radical (unpaired) electrons. The molecule has 0 bridgehead atoms. The molecule has 0 aromatic heterocycles. The molecule has 0 spiro atoms. The summed E-state index contributed by atoms with van der Waals surface area (Å²) < 4.78 is 12.7. The number of hydrogen-bond acceptors (Lipinski definition) is 5. The van der Waals surface area contributed by atoms with E-state index < -0.39 is 11.2 Å². The Hall–Kier alpha value is -2.83. The van der Waals surface area contributed by atoms with Crippen molar-refractivity contribution in [3.63, 3.8) is 0 Å². The first-order chi connectivity index (χ1) is 10.2. The maximum Gasteiger partial charge on any atom is 0.348 e. The van der Waals surface area contributed by atoms with E-state index in [1.165, 1.54) is 0 Å². The zero-order valence-corrected chi connectivity index (χ0v) is 11.2. The lowest BCUT2D eigenvalue weighted by Crippen LogP contribution is -2.25. The van der Waals surface area contributed by atoms with Gasteiger partial charge in [0.05, 0.1) is 16.8 Å². The molecule has 3 heterocycles. The molecule has 1 aromatic rings. The summed E-state index contributed by atoms with van der Waals surface area (Å²) >= 11 is 0. The van der Waals surface area contributed by atoms with Gasteiger partial charge in [-0.2, -0.15) is 4.98 Å². The van der Waals surface area contributed by atoms with E-state index in [2.05, 4.69) is 9.97 Å². The second-order valence-electron chi connectivity index (χ2n) is 4.77. The highest BCUT2D eigenvalue weighted by molar-refractivity contribution is 5.95. The molecular weight excluding hydrogens is 274 g/mol. The van der Waals surface area contributed by atoms with Crippen LogP contribution in [0.5, 0.6) is 11.5 Å². The predicted molar refractivity (Wildman–Crippen MR) is 75.0 cm³/mol. The van der Waals surface area contributed by atoms with Gasteiger partial charge in [0.2, 0.25) is 6.79 Å². The summed E-state index contributed by atoms with van der Waals surface area (Å²) in [5.41, 5.74) is 0.504. The Labute approximate surface area is 118 Å². The van der Waals surface area contributed by atoms with Crippen molar-refractivity contribution in [1.29, 1.82) is 0 Å². The van der Waals surface area contributed by atoms with Crippen molar-refractivity contribution in [3.05, 3.63) is 39.2 Å². The van der Waals surface area contributed by atoms with Crippen LogP contribution in [0.2, 0.25) is 0 Å². The Balaban J connectivity index is 2.24. The second-order valence-corrected chi connectivity index (χ2v) is 4.77. The Morgan fingerprint density at radius 3 is 2.81 bits per heavy atom. The quantitative estimate of drug-likeness (QED) is 0.672. The highest BCUT2D eigenvalue weighted by Gasteiger charge is 2.21. The van der Waals surface area contributed by atoms with Gasteiger partial charge in [-0.05, 0) is 13.0 Å². The molecule has 0 atom stereocenters. The van der Waals surface area contributed by atoms with Gasteiger partial charge in [-0.1, -0.05) is 0 Å². The molecule has 0 saturated heterocycles. The fourth-order valence-corrected chi connectivity index (χ4v) is 2.63. The lowest BCUT2D eigenvalue weighted by molar-refractivity contribution is 0.174. The number of aryl methyl sites for hydroxylation is 1. The van der Waals surface area contributed by atoms with Gasteiger partial charge in [0.1, 0.15) is 0 Å². The number of fused-ring (bicyclic) bond motifs is 4. The number of aromatic amines is 1. The van der Waals surface area contributed by atoms with Crippen LogP contribution in [0.4, 0.5) is 0 Å². The summed E-state index contributed by atoms with van der Waals surface area (Å²) in [5.74, 6) is 1.24. The van der Waals surface area contributed by atoms with E-state index >= 15 is 0 Å². The fraction of sp³-hybridized carbons (Fsp3) is 0.214. The number of rotatable bonds is 1. The van der Waals surface area contributed by atoms with Gasteiger partial charge in [0.15, 0.2) is 11.5 Å². The van der Waals surface area contributed by atoms with Crippen molar-refractivity contribution >= 4 is 10.9 Å². The second kappa shape index (κ2) is 4.08. The molecule has 0 saturated carbocycles. The minimum absolute atomic E-state index is 0.163. The van der Waals surface area contributed by atoms with Crippen LogP contribution in [-0.2, 0) is 6.54 Å². The van der Waals surface area contributed by atoms with E-state index in [0.717, 1.165) is 5.52 Å². The molecule has 106 valence electrons. The maximum atomic E-state index is 12.0. The summed E-state index contributed by atoms with van der Waals surface area (Å²) in [5, 5.41) is 0.696. The van der Waals surface area contributed by atoms with Crippen molar-refractivity contribution in [1.82, 2.24) is 14.5 Å². The zero-order chi connectivity index (χ0) is 14.6. The van der Waals surface area contributed by atoms with Gasteiger partial charge in [0, 0.05) is 24.2 Å². The van der Waals surface area contributed by atoms with Crippen molar-refractivity contribution in [3.8, 4) is 22.8 Å². The number of ether oxygens (including phenoxy) is 2. The van der Waals surface area contributed by atoms with Gasteiger partial charge in [0.25, 0.3) is 5.56 Å². The van der Waals surface area contributed by atoms with Crippen molar-refractivity contribution < 1.29 is 9.47 Å². The Morgan fingerprint density at radius 1 is 1.29 bits per heavy atom. The number of hydrogen-bond donors (Lipinski definition) is 1. The molecular formula is C14H11N3O4. The number of aromatic nitrogens is 3. The minimum Gasteiger partial charge on any atom is -0.454 e. The molecule has 4 rings (SSSR count). The van der Waals surface area contributed by atoms with Crippen LogP contribution in [0.3, 0.4) is 0 Å². The summed E-state index contributed by atoms with van der Waals surface area (Å²) in [7, 11) is 0. The van der Waals surface area contributed by atoms with Gasteiger partial charge >= 0.3 is 5.69 Å². The number of H-pyrrole nitrogens is 1. The van der Waals surface area contributed by atoms with Crippen LogP contribution < -0.4 is 20.7 Å². The Morgan fingerprint density at radius 2 is 2.05 bits per heavy atom. The van der Waals surface area contributed by atoms with Crippen LogP contribution in [0.25, 0.3) is 22.2 Å². The topological polar surface area (TPSA) is 86.2 Å². The molecule has 1 aromatic carbocycles. The van der Waals surface area contributed by atoms with Gasteiger partial charge < -0.3 is 14.0 Å². The molecule has 0 unspecified atom stereocenters. The molecule has 0 amide bonds. The molecule has 0 fully saturated rings. The van der Waals surface area contributed by atoms with E-state index in [0.29, 0.717) is 34.7 Å². The van der Waals surface area contributed by atoms with E-state index in [9.17, 15) is 9.59 Å². The Bertz CT molecular complexity index is 957. The summed E-state index contributed by atoms with van der Waals surface area (Å²) in [4.78, 5) is 29.6. The third-order valence-electron chi connectivity index (χ3n) is 3.61. The van der Waals surface area contributed by atoms with Crippen LogP contribution in [0.15, 0.2) is 27.9 Å². The van der Waals surface area contributed by atoms with Crippen LogP contribution in [0, 0.1) is 0 Å². The molecule has 1 N–H and O–H groups in total. The molecule has 7 heteroatoms. The third-order valence-corrected chi connectivity index (χ3v) is 3.61. The minimum atomic E-state index is -0.652. The normalized spacial score (nSPS) is 13.2. The van der Waals surface area contributed by atoms with Crippen LogP contribution in [0.1, 0.15) is 6.92 Å². The van der Waals surface area contributed by atoms with Gasteiger partial charge in [-0.15, -0.1) is 0 Å². The van der Waals surface area contributed by atoms with E-state index in [1.807, 2.05) is 17.6 Å². The number of nitrogens with one attached hydrogen (secondary N) is 1. The summed E-state index contributed by atoms with van der Waals surface area (Å²) in [6.07, 6.45) is 1.70. The van der Waals surface area contributed by atoms with Gasteiger partial charge in [-0.3, -0.25) is 9.78 Å². The van der Waals surface area contributed by atoms with Crippen molar-refractivity contribution in [2.24, 2.45) is 0 Å². The first-order valence-electron chi connectivity index (χ1n) is 6.54. The number of benzene rings is 1. The molecule has 21 heavy (non-hydrogen) atoms. The smallest absolute Gasteiger partial charge is 0.348 e. The predicted octanol–water partition coefficient (Wildman–Crippen LogP) is 0.938. The van der Waals surface area contributed by atoms with Gasteiger partial charge in [-0.25, -0.2) is 4.79 Å². The lowest BCUT2D eigenvalue weighted by Gasteiger charge is -2.14. The third kappa shape index (κ3) is 1.63. The molecule has 3 aliphatic heterocycles. The maximum absolute atomic E-state index is 12.0. The largest absolute Gasteiger partial charge is 0.454 e. The van der Waals surface area contributed by atoms with Crippen molar-refractivity contribution in [2.45, 2.75) is 13.5 Å². The zero-order valence-electron chi connectivity index (χ0n) is 11.2. The number of pyridine rings is 1. The molecule has 3 aliphatic rings. The summed E-state index contributed by atoms with van der Waals surface area (Å²) in [6, 6.07) is 3.60. The van der Waals surface area contributed by atoms with E-state index in [-0.39, 0.29) is 6.79 Å². The van der Waals surface area contributed by atoms with Crippen LogP contribution in [-0.4, -0.2) is 21.3 Å². The first kappa shape index (κ1) is 12.0.